The van der Waals surface area contributed by atoms with Crippen LogP contribution < -0.4 is 4.72 Å². The Hall–Kier alpha value is -1.80. The minimum absolute atomic E-state index is 0.0726. The third-order valence-corrected chi connectivity index (χ3v) is 5.90. The number of rotatable bonds is 6. The lowest BCUT2D eigenvalue weighted by Gasteiger charge is -2.31. The van der Waals surface area contributed by atoms with Crippen molar-refractivity contribution < 1.29 is 17.5 Å². The van der Waals surface area contributed by atoms with E-state index in [1.165, 1.54) is 18.2 Å². The van der Waals surface area contributed by atoms with Gasteiger partial charge in [-0.3, -0.25) is 4.90 Å². The molecule has 0 amide bonds. The van der Waals surface area contributed by atoms with E-state index in [1.807, 2.05) is 31.2 Å². The van der Waals surface area contributed by atoms with Crippen LogP contribution in [0.4, 0.5) is 4.39 Å². The monoisotopic (exact) mass is 378 g/mol. The van der Waals surface area contributed by atoms with Gasteiger partial charge in [-0.1, -0.05) is 35.9 Å². The SMILES string of the molecule is Cc1ccc([C@H](CN2CCOCC2)NS(=O)(=O)c2cccc(F)c2)cc1. The van der Waals surface area contributed by atoms with Crippen molar-refractivity contribution in [2.75, 3.05) is 32.8 Å². The zero-order valence-electron chi connectivity index (χ0n) is 14.7. The molecule has 0 bridgehead atoms. The highest BCUT2D eigenvalue weighted by Crippen LogP contribution is 2.20. The lowest BCUT2D eigenvalue weighted by atomic mass is 10.1. The van der Waals surface area contributed by atoms with Crippen LogP contribution in [0.15, 0.2) is 53.4 Å². The van der Waals surface area contributed by atoms with Crippen LogP contribution in [0.1, 0.15) is 17.2 Å². The average molecular weight is 378 g/mol. The van der Waals surface area contributed by atoms with Crippen molar-refractivity contribution in [3.8, 4) is 0 Å². The molecule has 0 radical (unpaired) electrons. The van der Waals surface area contributed by atoms with E-state index in [1.54, 1.807) is 0 Å². The van der Waals surface area contributed by atoms with Crippen LogP contribution in [0.25, 0.3) is 0 Å². The van der Waals surface area contributed by atoms with E-state index in [9.17, 15) is 12.8 Å². The third-order valence-electron chi connectivity index (χ3n) is 4.43. The Labute approximate surface area is 153 Å². The first kappa shape index (κ1) is 19.0. The van der Waals surface area contributed by atoms with Gasteiger partial charge in [0, 0.05) is 19.6 Å². The minimum Gasteiger partial charge on any atom is -0.379 e. The topological polar surface area (TPSA) is 58.6 Å². The summed E-state index contributed by atoms with van der Waals surface area (Å²) >= 11 is 0. The highest BCUT2D eigenvalue weighted by molar-refractivity contribution is 7.89. The van der Waals surface area contributed by atoms with Crippen LogP contribution in [-0.2, 0) is 14.8 Å². The largest absolute Gasteiger partial charge is 0.379 e. The number of sulfonamides is 1. The number of nitrogens with zero attached hydrogens (tertiary/aromatic N) is 1. The Morgan fingerprint density at radius 3 is 2.50 bits per heavy atom. The van der Waals surface area contributed by atoms with Gasteiger partial charge in [0.1, 0.15) is 5.82 Å². The van der Waals surface area contributed by atoms with E-state index in [4.69, 9.17) is 4.74 Å². The van der Waals surface area contributed by atoms with Gasteiger partial charge in [-0.15, -0.1) is 0 Å². The average Bonchev–Trinajstić information content (AvgIpc) is 2.62. The summed E-state index contributed by atoms with van der Waals surface area (Å²) in [4.78, 5) is 2.10. The molecule has 2 aromatic rings. The first-order chi connectivity index (χ1) is 12.4. The Bertz CT molecular complexity index is 834. The molecule has 1 N–H and O–H groups in total. The predicted octanol–water partition coefficient (Wildman–Crippen LogP) is 2.49. The number of halogens is 1. The predicted molar refractivity (Wildman–Crippen MR) is 97.9 cm³/mol. The van der Waals surface area contributed by atoms with Gasteiger partial charge in [0.15, 0.2) is 0 Å². The smallest absolute Gasteiger partial charge is 0.241 e. The van der Waals surface area contributed by atoms with Gasteiger partial charge >= 0.3 is 0 Å². The molecule has 1 aliphatic heterocycles. The summed E-state index contributed by atoms with van der Waals surface area (Å²) in [5, 5.41) is 0. The molecule has 2 aromatic carbocycles. The Morgan fingerprint density at radius 1 is 1.15 bits per heavy atom. The van der Waals surface area contributed by atoms with Crippen LogP contribution in [0.2, 0.25) is 0 Å². The number of morpholine rings is 1. The van der Waals surface area contributed by atoms with Crippen LogP contribution in [0.5, 0.6) is 0 Å². The number of ether oxygens (including phenoxy) is 1. The highest BCUT2D eigenvalue weighted by Gasteiger charge is 2.24. The standard InChI is InChI=1S/C19H23FN2O3S/c1-15-5-7-16(8-6-15)19(14-22-9-11-25-12-10-22)21-26(23,24)18-4-2-3-17(20)13-18/h2-8,13,19,21H,9-12,14H2,1H3/t19-/m0/s1. The van der Waals surface area contributed by atoms with Gasteiger partial charge in [0.05, 0.1) is 24.2 Å². The number of nitrogens with one attached hydrogen (secondary N) is 1. The highest BCUT2D eigenvalue weighted by atomic mass is 32.2. The number of aryl methyl sites for hydroxylation is 1. The second kappa shape index (κ2) is 8.26. The summed E-state index contributed by atoms with van der Waals surface area (Å²) in [7, 11) is -3.84. The van der Waals surface area contributed by atoms with E-state index in [0.29, 0.717) is 19.8 Å². The van der Waals surface area contributed by atoms with Gasteiger partial charge in [-0.25, -0.2) is 17.5 Å². The van der Waals surface area contributed by atoms with Crippen molar-refractivity contribution in [1.82, 2.24) is 9.62 Å². The fourth-order valence-corrected chi connectivity index (χ4v) is 4.19. The summed E-state index contributed by atoms with van der Waals surface area (Å²) in [5.74, 6) is -0.576. The van der Waals surface area contributed by atoms with Crippen molar-refractivity contribution in [2.45, 2.75) is 17.9 Å². The zero-order chi connectivity index (χ0) is 18.6. The van der Waals surface area contributed by atoms with Crippen LogP contribution in [0.3, 0.4) is 0 Å². The van der Waals surface area contributed by atoms with E-state index in [0.717, 1.165) is 30.3 Å². The molecule has 3 rings (SSSR count). The molecule has 1 fully saturated rings. The first-order valence-electron chi connectivity index (χ1n) is 8.58. The van der Waals surface area contributed by atoms with Crippen molar-refractivity contribution in [2.24, 2.45) is 0 Å². The van der Waals surface area contributed by atoms with Crippen LogP contribution >= 0.6 is 0 Å². The van der Waals surface area contributed by atoms with Gasteiger partial charge in [-0.2, -0.15) is 0 Å². The maximum absolute atomic E-state index is 13.5. The van der Waals surface area contributed by atoms with Gasteiger partial charge < -0.3 is 4.74 Å². The lowest BCUT2D eigenvalue weighted by Crippen LogP contribution is -2.43. The van der Waals surface area contributed by atoms with E-state index < -0.39 is 21.9 Å². The normalized spacial score (nSPS) is 17.2. The molecule has 0 saturated carbocycles. The molecule has 1 atom stereocenters. The molecule has 0 aliphatic carbocycles. The summed E-state index contributed by atoms with van der Waals surface area (Å²) in [6.45, 7) is 5.29. The summed E-state index contributed by atoms with van der Waals surface area (Å²) in [5.41, 5.74) is 1.98. The van der Waals surface area contributed by atoms with Gasteiger partial charge in [-0.05, 0) is 30.7 Å². The minimum atomic E-state index is -3.84. The molecule has 5 nitrogen and oxygen atoms in total. The molecule has 26 heavy (non-hydrogen) atoms. The zero-order valence-corrected chi connectivity index (χ0v) is 15.5. The molecular formula is C19H23FN2O3S. The van der Waals surface area contributed by atoms with Crippen molar-refractivity contribution >= 4 is 10.0 Å². The van der Waals surface area contributed by atoms with Gasteiger partial charge in [0.25, 0.3) is 0 Å². The molecular weight excluding hydrogens is 355 g/mol. The summed E-state index contributed by atoms with van der Waals surface area (Å²) in [6, 6.07) is 12.4. The number of hydrogen-bond acceptors (Lipinski definition) is 4. The Kier molecular flexibility index (Phi) is 6.03. The second-order valence-corrected chi connectivity index (χ2v) is 8.17. The first-order valence-corrected chi connectivity index (χ1v) is 10.1. The van der Waals surface area contributed by atoms with Crippen LogP contribution in [0, 0.1) is 12.7 Å². The number of hydrogen-bond donors (Lipinski definition) is 1. The van der Waals surface area contributed by atoms with Crippen molar-refractivity contribution in [3.63, 3.8) is 0 Å². The molecule has 1 heterocycles. The number of benzene rings is 2. The fraction of sp³-hybridized carbons (Fsp3) is 0.368. The van der Waals surface area contributed by atoms with Crippen LogP contribution in [-0.4, -0.2) is 46.2 Å². The molecule has 0 unspecified atom stereocenters. The second-order valence-electron chi connectivity index (χ2n) is 6.45. The summed E-state index contributed by atoms with van der Waals surface area (Å²) < 4.78 is 47.1. The van der Waals surface area contributed by atoms with Crippen molar-refractivity contribution in [1.29, 1.82) is 0 Å². The Morgan fingerprint density at radius 2 is 1.85 bits per heavy atom. The molecule has 0 spiro atoms. The molecule has 1 aliphatic rings. The molecule has 0 aromatic heterocycles. The maximum Gasteiger partial charge on any atom is 0.241 e. The van der Waals surface area contributed by atoms with E-state index in [-0.39, 0.29) is 4.90 Å². The third kappa shape index (κ3) is 4.88. The molecule has 7 heteroatoms. The Balaban J connectivity index is 1.85. The molecule has 1 saturated heterocycles. The lowest BCUT2D eigenvalue weighted by molar-refractivity contribution is 0.0345. The summed E-state index contributed by atoms with van der Waals surface area (Å²) in [6.07, 6.45) is 0. The quantitative estimate of drug-likeness (QED) is 0.839. The van der Waals surface area contributed by atoms with E-state index in [2.05, 4.69) is 9.62 Å². The van der Waals surface area contributed by atoms with Gasteiger partial charge in [0.2, 0.25) is 10.0 Å². The van der Waals surface area contributed by atoms with E-state index >= 15 is 0 Å². The maximum atomic E-state index is 13.5. The molecule has 140 valence electrons. The van der Waals surface area contributed by atoms with Crippen molar-refractivity contribution in [3.05, 3.63) is 65.5 Å². The fourth-order valence-electron chi connectivity index (χ4n) is 2.94.